The summed E-state index contributed by atoms with van der Waals surface area (Å²) in [5.74, 6) is 0.285. The first kappa shape index (κ1) is 24.0. The molecule has 2 heterocycles. The van der Waals surface area contributed by atoms with Gasteiger partial charge in [-0.25, -0.2) is 9.78 Å². The highest BCUT2D eigenvalue weighted by Crippen LogP contribution is 2.35. The van der Waals surface area contributed by atoms with Crippen molar-refractivity contribution in [3.63, 3.8) is 0 Å². The number of likely N-dealkylation sites (N-methyl/N-ethyl adjacent to an activating group) is 1. The first-order valence-electron chi connectivity index (χ1n) is 10.2. The van der Waals surface area contributed by atoms with Crippen molar-refractivity contribution in [2.24, 2.45) is 0 Å². The van der Waals surface area contributed by atoms with E-state index in [0.717, 1.165) is 12.8 Å². The third-order valence-corrected chi connectivity index (χ3v) is 4.74. The predicted octanol–water partition coefficient (Wildman–Crippen LogP) is 3.09. The van der Waals surface area contributed by atoms with Crippen molar-refractivity contribution < 1.29 is 19.1 Å². The van der Waals surface area contributed by atoms with E-state index >= 15 is 0 Å². The summed E-state index contributed by atoms with van der Waals surface area (Å²) in [5, 5.41) is 17.4. The molecular formula is C21H24ClN7O4. The maximum absolute atomic E-state index is 12.6. The van der Waals surface area contributed by atoms with Gasteiger partial charge in [-0.15, -0.1) is 0 Å². The number of urea groups is 1. The Hall–Kier alpha value is -3.62. The molecule has 33 heavy (non-hydrogen) atoms. The van der Waals surface area contributed by atoms with E-state index in [-0.39, 0.29) is 34.9 Å². The van der Waals surface area contributed by atoms with Crippen LogP contribution in [0, 0.1) is 11.3 Å². The fraction of sp³-hybridized carbons (Fsp3) is 0.381. The second-order valence-electron chi connectivity index (χ2n) is 7.47. The third-order valence-electron chi connectivity index (χ3n) is 4.42. The van der Waals surface area contributed by atoms with Crippen LogP contribution in [-0.4, -0.2) is 60.7 Å². The van der Waals surface area contributed by atoms with Gasteiger partial charge in [0.2, 0.25) is 11.6 Å². The number of ether oxygens (including phenoxy) is 2. The third kappa shape index (κ3) is 6.93. The lowest BCUT2D eigenvalue weighted by molar-refractivity contribution is -0.116. The predicted molar refractivity (Wildman–Crippen MR) is 123 cm³/mol. The SMILES string of the molecule is CN(C)CC(=O)Nc1cc2c(cc1Cl)NC(=O)Nc1cnc(C#N)c(n1)OCCCCCO2. The zero-order valence-electron chi connectivity index (χ0n) is 18.3. The second kappa shape index (κ2) is 11.3. The number of aromatic nitrogens is 2. The fourth-order valence-electron chi connectivity index (χ4n) is 2.95. The number of nitrogens with zero attached hydrogens (tertiary/aromatic N) is 4. The Bertz CT molecular complexity index is 1070. The van der Waals surface area contributed by atoms with Crippen LogP contribution >= 0.6 is 11.6 Å². The molecule has 12 heteroatoms. The van der Waals surface area contributed by atoms with Gasteiger partial charge in [0.05, 0.1) is 42.4 Å². The highest BCUT2D eigenvalue weighted by atomic mass is 35.5. The molecule has 0 saturated heterocycles. The molecule has 0 saturated carbocycles. The molecule has 3 N–H and O–H groups in total. The van der Waals surface area contributed by atoms with Crippen LogP contribution < -0.4 is 25.4 Å². The molecule has 3 rings (SSSR count). The molecule has 2 bridgehead atoms. The number of amides is 3. The monoisotopic (exact) mass is 473 g/mol. The Morgan fingerprint density at radius 3 is 2.73 bits per heavy atom. The number of anilines is 3. The van der Waals surface area contributed by atoms with E-state index < -0.39 is 6.03 Å². The summed E-state index contributed by atoms with van der Waals surface area (Å²) < 4.78 is 11.4. The zero-order chi connectivity index (χ0) is 23.8. The Balaban J connectivity index is 1.86. The van der Waals surface area contributed by atoms with Crippen LogP contribution in [-0.2, 0) is 4.79 Å². The van der Waals surface area contributed by atoms with Gasteiger partial charge in [0.1, 0.15) is 11.8 Å². The second-order valence-corrected chi connectivity index (χ2v) is 7.88. The van der Waals surface area contributed by atoms with E-state index in [1.165, 1.54) is 12.3 Å². The number of benzene rings is 1. The van der Waals surface area contributed by atoms with E-state index in [1.54, 1.807) is 25.1 Å². The van der Waals surface area contributed by atoms with E-state index in [1.807, 2.05) is 6.07 Å². The maximum Gasteiger partial charge on any atom is 0.325 e. The molecule has 0 spiro atoms. The molecule has 1 aliphatic heterocycles. The molecule has 0 atom stereocenters. The number of carbonyl (C=O) groups excluding carboxylic acids is 2. The Morgan fingerprint density at radius 2 is 2.00 bits per heavy atom. The fourth-order valence-corrected chi connectivity index (χ4v) is 3.17. The molecule has 174 valence electrons. The average molecular weight is 474 g/mol. The topological polar surface area (TPSA) is 142 Å². The summed E-state index contributed by atoms with van der Waals surface area (Å²) in [6, 6.07) is 4.37. The summed E-state index contributed by atoms with van der Waals surface area (Å²) in [5.41, 5.74) is 0.726. The lowest BCUT2D eigenvalue weighted by Gasteiger charge is -2.17. The highest BCUT2D eigenvalue weighted by Gasteiger charge is 2.17. The number of nitriles is 1. The smallest absolute Gasteiger partial charge is 0.325 e. The highest BCUT2D eigenvalue weighted by molar-refractivity contribution is 6.34. The van der Waals surface area contributed by atoms with Crippen molar-refractivity contribution in [2.75, 3.05) is 49.8 Å². The number of carbonyl (C=O) groups is 2. The Morgan fingerprint density at radius 1 is 1.24 bits per heavy atom. The van der Waals surface area contributed by atoms with E-state index in [2.05, 4.69) is 25.9 Å². The van der Waals surface area contributed by atoms with E-state index in [4.69, 9.17) is 21.1 Å². The number of fused-ring (bicyclic) bond motifs is 3. The first-order valence-corrected chi connectivity index (χ1v) is 10.6. The quantitative estimate of drug-likeness (QED) is 0.617. The maximum atomic E-state index is 12.6. The summed E-state index contributed by atoms with van der Waals surface area (Å²) in [6.07, 6.45) is 3.49. The van der Waals surface area contributed by atoms with E-state index in [0.29, 0.717) is 36.8 Å². The van der Waals surface area contributed by atoms with Crippen LogP contribution in [0.2, 0.25) is 5.02 Å². The minimum absolute atomic E-state index is 0.0366. The van der Waals surface area contributed by atoms with Crippen molar-refractivity contribution in [3.8, 4) is 17.7 Å². The summed E-state index contributed by atoms with van der Waals surface area (Å²) in [6.45, 7) is 0.901. The van der Waals surface area contributed by atoms with Crippen LogP contribution in [0.1, 0.15) is 25.0 Å². The standard InChI is InChI=1S/C21H24ClN7O4/c1-29(2)12-19(30)25-14-9-17-15(8-13(14)22)26-21(31)28-18-11-24-16(10-23)20(27-18)33-7-5-3-4-6-32-17/h8-9,11H,3-7,12H2,1-2H3,(H,25,30)(H2,26,27,28,31). The lowest BCUT2D eigenvalue weighted by Crippen LogP contribution is -2.27. The minimum atomic E-state index is -0.625. The van der Waals surface area contributed by atoms with Gasteiger partial charge in [0.25, 0.3) is 5.88 Å². The first-order chi connectivity index (χ1) is 15.9. The van der Waals surface area contributed by atoms with E-state index in [9.17, 15) is 14.9 Å². The molecule has 11 nitrogen and oxygen atoms in total. The van der Waals surface area contributed by atoms with Gasteiger partial charge in [-0.3, -0.25) is 10.1 Å². The molecule has 1 aromatic heterocycles. The van der Waals surface area contributed by atoms with Crippen molar-refractivity contribution in [1.82, 2.24) is 14.9 Å². The lowest BCUT2D eigenvalue weighted by atomic mass is 10.2. The van der Waals surface area contributed by atoms with Gasteiger partial charge in [-0.2, -0.15) is 10.2 Å². The Labute approximate surface area is 196 Å². The van der Waals surface area contributed by atoms with Crippen molar-refractivity contribution in [2.45, 2.75) is 19.3 Å². The van der Waals surface area contributed by atoms with Gasteiger partial charge >= 0.3 is 6.03 Å². The number of rotatable bonds is 3. The summed E-state index contributed by atoms with van der Waals surface area (Å²) >= 11 is 6.35. The largest absolute Gasteiger partial charge is 0.491 e. The zero-order valence-corrected chi connectivity index (χ0v) is 19.0. The van der Waals surface area contributed by atoms with Gasteiger partial charge in [0.15, 0.2) is 5.82 Å². The molecule has 0 radical (unpaired) electrons. The molecule has 1 aromatic carbocycles. The molecule has 0 fully saturated rings. The van der Waals surface area contributed by atoms with Crippen LogP contribution in [0.25, 0.3) is 0 Å². The summed E-state index contributed by atoms with van der Waals surface area (Å²) in [7, 11) is 3.56. The van der Waals surface area contributed by atoms with Crippen LogP contribution in [0.4, 0.5) is 22.0 Å². The number of hydrogen-bond acceptors (Lipinski definition) is 8. The Kier molecular flexibility index (Phi) is 8.23. The molecular weight excluding hydrogens is 450 g/mol. The van der Waals surface area contributed by atoms with Crippen molar-refractivity contribution >= 4 is 40.7 Å². The molecule has 2 aromatic rings. The van der Waals surface area contributed by atoms with Gasteiger partial charge in [-0.05, 0) is 39.4 Å². The van der Waals surface area contributed by atoms with Crippen LogP contribution in [0.15, 0.2) is 18.3 Å². The average Bonchev–Trinajstić information content (AvgIpc) is 2.75. The van der Waals surface area contributed by atoms with Crippen LogP contribution in [0.3, 0.4) is 0 Å². The number of hydrogen-bond donors (Lipinski definition) is 3. The van der Waals surface area contributed by atoms with Gasteiger partial charge in [-0.1, -0.05) is 11.6 Å². The number of halogens is 1. The van der Waals surface area contributed by atoms with Crippen molar-refractivity contribution in [3.05, 3.63) is 29.0 Å². The van der Waals surface area contributed by atoms with Crippen LogP contribution in [0.5, 0.6) is 11.6 Å². The molecule has 0 aliphatic carbocycles. The molecule has 1 aliphatic rings. The number of nitrogens with one attached hydrogen (secondary N) is 3. The molecule has 0 unspecified atom stereocenters. The normalized spacial score (nSPS) is 14.2. The minimum Gasteiger partial charge on any atom is -0.491 e. The summed E-state index contributed by atoms with van der Waals surface area (Å²) in [4.78, 5) is 34.6. The van der Waals surface area contributed by atoms with Gasteiger partial charge < -0.3 is 25.0 Å². The van der Waals surface area contributed by atoms with Gasteiger partial charge in [0, 0.05) is 6.07 Å². The van der Waals surface area contributed by atoms with Crippen molar-refractivity contribution in [1.29, 1.82) is 5.26 Å². The molecule has 3 amide bonds.